The maximum atomic E-state index is 13.0. The lowest BCUT2D eigenvalue weighted by atomic mass is 9.73. The van der Waals surface area contributed by atoms with Gasteiger partial charge in [-0.15, -0.1) is 0 Å². The van der Waals surface area contributed by atoms with Crippen molar-refractivity contribution in [3.05, 3.63) is 0 Å². The van der Waals surface area contributed by atoms with Gasteiger partial charge in [0.15, 0.2) is 11.6 Å². The molecule has 0 amide bonds. The molecule has 0 aliphatic heterocycles. The van der Waals surface area contributed by atoms with Crippen molar-refractivity contribution >= 4 is 11.6 Å². The second kappa shape index (κ2) is 8.24. The predicted molar refractivity (Wildman–Crippen MR) is 94.0 cm³/mol. The van der Waals surface area contributed by atoms with Gasteiger partial charge in [0.25, 0.3) is 0 Å². The Balaban J connectivity index is 5.31. The van der Waals surface area contributed by atoms with Gasteiger partial charge in [-0.05, 0) is 26.2 Å². The molecule has 22 heavy (non-hydrogen) atoms. The van der Waals surface area contributed by atoms with Crippen LogP contribution in [0.5, 0.6) is 0 Å². The van der Waals surface area contributed by atoms with Gasteiger partial charge in [0.1, 0.15) is 0 Å². The smallest absolute Gasteiger partial charge is 0.155 e. The zero-order chi connectivity index (χ0) is 17.7. The average Bonchev–Trinajstić information content (AvgIpc) is 2.41. The van der Waals surface area contributed by atoms with Gasteiger partial charge >= 0.3 is 0 Å². The molecule has 0 aliphatic carbocycles. The molecule has 1 unspecified atom stereocenters. The molecule has 0 aromatic carbocycles. The summed E-state index contributed by atoms with van der Waals surface area (Å²) in [6, 6.07) is -0.255. The number of unbranched alkanes of at least 4 members (excludes halogenated alkanes) is 1. The van der Waals surface area contributed by atoms with Crippen molar-refractivity contribution < 1.29 is 9.59 Å². The van der Waals surface area contributed by atoms with E-state index in [9.17, 15) is 9.59 Å². The zero-order valence-electron chi connectivity index (χ0n) is 16.2. The molecule has 0 saturated carbocycles. The highest BCUT2D eigenvalue weighted by Gasteiger charge is 2.40. The fourth-order valence-electron chi connectivity index (χ4n) is 2.64. The van der Waals surface area contributed by atoms with Crippen molar-refractivity contribution in [1.29, 1.82) is 0 Å². The van der Waals surface area contributed by atoms with E-state index < -0.39 is 5.54 Å². The zero-order valence-corrected chi connectivity index (χ0v) is 16.2. The first kappa shape index (κ1) is 21.3. The van der Waals surface area contributed by atoms with Crippen LogP contribution >= 0.6 is 0 Å². The maximum absolute atomic E-state index is 13.0. The first-order chi connectivity index (χ1) is 9.87. The normalized spacial score (nSPS) is 14.5. The maximum Gasteiger partial charge on any atom is 0.155 e. The third-order valence-corrected chi connectivity index (χ3v) is 4.92. The molecule has 130 valence electrons. The van der Waals surface area contributed by atoms with Crippen LogP contribution in [0.15, 0.2) is 0 Å². The van der Waals surface area contributed by atoms with Crippen molar-refractivity contribution in [2.24, 2.45) is 17.3 Å². The number of rotatable bonds is 10. The summed E-state index contributed by atoms with van der Waals surface area (Å²) < 4.78 is 0. The molecule has 0 heterocycles. The van der Waals surface area contributed by atoms with Crippen molar-refractivity contribution in [2.45, 2.75) is 93.2 Å². The summed E-state index contributed by atoms with van der Waals surface area (Å²) in [6.07, 6.45) is 2.83. The van der Waals surface area contributed by atoms with E-state index in [2.05, 4.69) is 26.1 Å². The van der Waals surface area contributed by atoms with Crippen molar-refractivity contribution in [2.75, 3.05) is 0 Å². The van der Waals surface area contributed by atoms with E-state index in [1.807, 2.05) is 41.5 Å². The Morgan fingerprint density at radius 3 is 1.82 bits per heavy atom. The molecule has 3 nitrogen and oxygen atoms in total. The van der Waals surface area contributed by atoms with E-state index in [1.54, 1.807) is 0 Å². The van der Waals surface area contributed by atoms with Crippen molar-refractivity contribution in [3.63, 3.8) is 0 Å². The Labute approximate surface area is 137 Å². The highest BCUT2D eigenvalue weighted by atomic mass is 16.1. The summed E-state index contributed by atoms with van der Waals surface area (Å²) >= 11 is 0. The minimum absolute atomic E-state index is 0.0393. The molecule has 0 radical (unpaired) electrons. The van der Waals surface area contributed by atoms with Crippen molar-refractivity contribution in [1.82, 2.24) is 5.32 Å². The highest BCUT2D eigenvalue weighted by molar-refractivity contribution is 5.92. The molecule has 1 N–H and O–H groups in total. The first-order valence-corrected chi connectivity index (χ1v) is 8.74. The van der Waals surface area contributed by atoms with Crippen LogP contribution < -0.4 is 5.32 Å². The Kier molecular flexibility index (Phi) is 7.97. The topological polar surface area (TPSA) is 46.2 Å². The van der Waals surface area contributed by atoms with Crippen LogP contribution in [-0.2, 0) is 9.59 Å². The van der Waals surface area contributed by atoms with E-state index in [-0.39, 0.29) is 34.9 Å². The standard InChI is InChI=1S/C19H37NO2/c1-10-11-12-15(17(22)18(6,7)14(4)5)20-19(8,9)16(21)13(2)3/h13-15,20H,10-12H2,1-9H3. The number of ketones is 2. The van der Waals surface area contributed by atoms with E-state index in [1.165, 1.54) is 0 Å². The van der Waals surface area contributed by atoms with Gasteiger partial charge in [-0.1, -0.05) is 61.3 Å². The monoisotopic (exact) mass is 311 g/mol. The predicted octanol–water partition coefficient (Wildman–Crippen LogP) is 4.39. The molecular formula is C19H37NO2. The molecule has 0 fully saturated rings. The molecule has 0 aromatic heterocycles. The van der Waals surface area contributed by atoms with E-state index in [4.69, 9.17) is 0 Å². The summed E-state index contributed by atoms with van der Waals surface area (Å²) in [4.78, 5) is 25.4. The van der Waals surface area contributed by atoms with Crippen LogP contribution in [0.3, 0.4) is 0 Å². The number of hydrogen-bond donors (Lipinski definition) is 1. The molecule has 0 saturated heterocycles. The van der Waals surface area contributed by atoms with Gasteiger partial charge in [-0.2, -0.15) is 0 Å². The van der Waals surface area contributed by atoms with E-state index >= 15 is 0 Å². The van der Waals surface area contributed by atoms with Gasteiger partial charge < -0.3 is 0 Å². The fraction of sp³-hybridized carbons (Fsp3) is 0.895. The number of carbonyl (C=O) groups is 2. The molecule has 0 rings (SSSR count). The number of carbonyl (C=O) groups excluding carboxylic acids is 2. The lowest BCUT2D eigenvalue weighted by Crippen LogP contribution is -2.57. The van der Waals surface area contributed by atoms with Gasteiger partial charge in [-0.25, -0.2) is 0 Å². The fourth-order valence-corrected chi connectivity index (χ4v) is 2.64. The van der Waals surface area contributed by atoms with Gasteiger partial charge in [0.05, 0.1) is 11.6 Å². The van der Waals surface area contributed by atoms with Crippen LogP contribution in [0.2, 0.25) is 0 Å². The lowest BCUT2D eigenvalue weighted by Gasteiger charge is -2.37. The van der Waals surface area contributed by atoms with Gasteiger partial charge in [0.2, 0.25) is 0 Å². The van der Waals surface area contributed by atoms with E-state index in [0.29, 0.717) is 0 Å². The van der Waals surface area contributed by atoms with Crippen LogP contribution in [0.1, 0.15) is 81.6 Å². The summed E-state index contributed by atoms with van der Waals surface area (Å²) in [5, 5.41) is 3.37. The summed E-state index contributed by atoms with van der Waals surface area (Å²) in [5.41, 5.74) is -1.06. The third-order valence-electron chi connectivity index (χ3n) is 4.92. The SMILES string of the molecule is CCCCC(NC(C)(C)C(=O)C(C)C)C(=O)C(C)(C)C(C)C. The Morgan fingerprint density at radius 1 is 0.955 bits per heavy atom. The van der Waals surface area contributed by atoms with E-state index in [0.717, 1.165) is 19.3 Å². The molecule has 0 aromatic rings. The van der Waals surface area contributed by atoms with Crippen LogP contribution in [0.4, 0.5) is 0 Å². The molecule has 3 heteroatoms. The second-order valence-corrected chi connectivity index (χ2v) is 8.22. The molecular weight excluding hydrogens is 274 g/mol. The summed E-state index contributed by atoms with van der Waals surface area (Å²) in [6.45, 7) is 17.9. The number of Topliss-reactive ketones (excluding diaryl/α,β-unsaturated/α-hetero) is 2. The van der Waals surface area contributed by atoms with Crippen LogP contribution in [0.25, 0.3) is 0 Å². The third kappa shape index (κ3) is 5.49. The largest absolute Gasteiger partial charge is 0.297 e. The average molecular weight is 312 g/mol. The molecule has 1 atom stereocenters. The highest BCUT2D eigenvalue weighted by Crippen LogP contribution is 2.30. The quantitative estimate of drug-likeness (QED) is 0.651. The summed E-state index contributed by atoms with van der Waals surface area (Å²) in [5.74, 6) is 0.613. The minimum Gasteiger partial charge on any atom is -0.297 e. The molecule has 0 aliphatic rings. The minimum atomic E-state index is -0.671. The Hall–Kier alpha value is -0.700. The lowest BCUT2D eigenvalue weighted by molar-refractivity contribution is -0.134. The van der Waals surface area contributed by atoms with Gasteiger partial charge in [-0.3, -0.25) is 14.9 Å². The van der Waals surface area contributed by atoms with Gasteiger partial charge in [0, 0.05) is 11.3 Å². The summed E-state index contributed by atoms with van der Waals surface area (Å²) in [7, 11) is 0. The number of nitrogens with one attached hydrogen (secondary N) is 1. The molecule has 0 spiro atoms. The Morgan fingerprint density at radius 2 is 1.45 bits per heavy atom. The number of hydrogen-bond acceptors (Lipinski definition) is 3. The molecule has 0 bridgehead atoms. The first-order valence-electron chi connectivity index (χ1n) is 8.74. The van der Waals surface area contributed by atoms with Crippen LogP contribution in [-0.4, -0.2) is 23.1 Å². The van der Waals surface area contributed by atoms with Crippen molar-refractivity contribution in [3.8, 4) is 0 Å². The second-order valence-electron chi connectivity index (χ2n) is 8.22. The Bertz CT molecular complexity index is 381. The van der Waals surface area contributed by atoms with Crippen LogP contribution in [0, 0.1) is 17.3 Å².